The van der Waals surface area contributed by atoms with E-state index in [1.807, 2.05) is 77.5 Å². The van der Waals surface area contributed by atoms with E-state index in [4.69, 9.17) is 9.84 Å². The Morgan fingerprint density at radius 2 is 1.76 bits per heavy atom. The summed E-state index contributed by atoms with van der Waals surface area (Å²) in [5.74, 6) is 6.66. The molecule has 208 valence electrons. The number of amides is 2. The standard InChI is InChI=1S/C34H29N5O3/c1-24-4-2-5-28(22-24)33(40)36-32-23-25(16-17-35-32)8-13-29-6-3-7-30-14-15-31(37-39(29)30)26-9-11-27(12-10-26)34(41)38-18-20-42-21-19-38/h2,4-7,9-12,14-17,22-23H,3,18-21H2,1H3,(H,35,36,40). The van der Waals surface area contributed by atoms with Crippen molar-refractivity contribution in [2.75, 3.05) is 31.6 Å². The predicted molar refractivity (Wildman–Crippen MR) is 162 cm³/mol. The summed E-state index contributed by atoms with van der Waals surface area (Å²) in [6, 6.07) is 18.5. The van der Waals surface area contributed by atoms with Crippen LogP contribution in [0, 0.1) is 18.8 Å². The van der Waals surface area contributed by atoms with Gasteiger partial charge in [0.05, 0.1) is 24.6 Å². The highest BCUT2D eigenvalue weighted by molar-refractivity contribution is 6.10. The number of benzene rings is 2. The van der Waals surface area contributed by atoms with Crippen LogP contribution in [-0.4, -0.2) is 58.7 Å². The third-order valence-corrected chi connectivity index (χ3v) is 7.07. The Bertz CT molecular complexity index is 1720. The summed E-state index contributed by atoms with van der Waals surface area (Å²) >= 11 is 0. The van der Waals surface area contributed by atoms with Crippen molar-refractivity contribution in [3.05, 3.63) is 130 Å². The first-order valence-corrected chi connectivity index (χ1v) is 13.8. The van der Waals surface area contributed by atoms with E-state index in [9.17, 15) is 9.59 Å². The zero-order valence-electron chi connectivity index (χ0n) is 23.2. The smallest absolute Gasteiger partial charge is 0.256 e. The molecule has 6 rings (SSSR count). The topological polar surface area (TPSA) is 87.1 Å². The van der Waals surface area contributed by atoms with Gasteiger partial charge in [0.25, 0.3) is 11.8 Å². The van der Waals surface area contributed by atoms with E-state index < -0.39 is 0 Å². The number of nitrogens with one attached hydrogen (secondary N) is 1. The minimum absolute atomic E-state index is 0.0155. The fourth-order valence-electron chi connectivity index (χ4n) is 4.84. The number of pyridine rings is 1. The van der Waals surface area contributed by atoms with Gasteiger partial charge in [-0.15, -0.1) is 0 Å². The number of aryl methyl sites for hydroxylation is 1. The normalized spacial score (nSPS) is 15.9. The molecule has 3 aliphatic rings. The predicted octanol–water partition coefficient (Wildman–Crippen LogP) is 4.91. The second-order valence-electron chi connectivity index (χ2n) is 10.1. The Morgan fingerprint density at radius 1 is 0.929 bits per heavy atom. The molecule has 2 amide bonds. The maximum atomic E-state index is 12.8. The molecule has 0 spiro atoms. The van der Waals surface area contributed by atoms with Gasteiger partial charge in [-0.25, -0.2) is 9.99 Å². The molecule has 0 saturated carbocycles. The number of aromatic nitrogens is 1. The third-order valence-electron chi connectivity index (χ3n) is 7.07. The molecule has 0 atom stereocenters. The molecular weight excluding hydrogens is 526 g/mol. The number of allylic oxidation sites excluding steroid dienone is 5. The van der Waals surface area contributed by atoms with Gasteiger partial charge in [0.2, 0.25) is 0 Å². The molecule has 2 aromatic carbocycles. The lowest BCUT2D eigenvalue weighted by Gasteiger charge is -2.27. The molecule has 42 heavy (non-hydrogen) atoms. The molecular formula is C34H29N5O3. The van der Waals surface area contributed by atoms with Gasteiger partial charge in [-0.2, -0.15) is 5.10 Å². The molecule has 1 saturated heterocycles. The molecule has 8 heteroatoms. The SMILES string of the molecule is Cc1cccc(C(=O)Nc2cc(C#CC3=CCC=C4C=CC(c5ccc(C(=O)N6CCOCC6)cc5)=NN34)ccn2)c1. The van der Waals surface area contributed by atoms with Gasteiger partial charge < -0.3 is 15.0 Å². The van der Waals surface area contributed by atoms with Crippen molar-refractivity contribution in [3.63, 3.8) is 0 Å². The largest absolute Gasteiger partial charge is 0.378 e. The van der Waals surface area contributed by atoms with Crippen molar-refractivity contribution >= 4 is 23.3 Å². The van der Waals surface area contributed by atoms with Gasteiger partial charge in [0, 0.05) is 41.5 Å². The van der Waals surface area contributed by atoms with Gasteiger partial charge in [-0.05, 0) is 73.9 Å². The summed E-state index contributed by atoms with van der Waals surface area (Å²) in [6.45, 7) is 4.31. The summed E-state index contributed by atoms with van der Waals surface area (Å²) in [7, 11) is 0. The number of hydrazone groups is 1. The Labute approximate surface area is 244 Å². The van der Waals surface area contributed by atoms with Gasteiger partial charge in [-0.1, -0.05) is 41.8 Å². The molecule has 0 aliphatic carbocycles. The van der Waals surface area contributed by atoms with Crippen LogP contribution in [0.2, 0.25) is 0 Å². The maximum Gasteiger partial charge on any atom is 0.256 e. The van der Waals surface area contributed by atoms with Crippen LogP contribution in [0.3, 0.4) is 0 Å². The molecule has 3 aromatic rings. The van der Waals surface area contributed by atoms with Crippen molar-refractivity contribution in [2.45, 2.75) is 13.3 Å². The molecule has 1 N–H and O–H groups in total. The second-order valence-corrected chi connectivity index (χ2v) is 10.1. The van der Waals surface area contributed by atoms with Gasteiger partial charge in [-0.3, -0.25) is 9.59 Å². The summed E-state index contributed by atoms with van der Waals surface area (Å²) in [6.07, 6.45) is 10.5. The van der Waals surface area contributed by atoms with Gasteiger partial charge >= 0.3 is 0 Å². The highest BCUT2D eigenvalue weighted by Crippen LogP contribution is 2.26. The van der Waals surface area contributed by atoms with E-state index in [-0.39, 0.29) is 11.8 Å². The number of morpholine rings is 1. The molecule has 1 fully saturated rings. The molecule has 0 unspecified atom stereocenters. The second kappa shape index (κ2) is 12.1. The average molecular weight is 556 g/mol. The fourth-order valence-corrected chi connectivity index (χ4v) is 4.84. The zero-order valence-corrected chi connectivity index (χ0v) is 23.2. The van der Waals surface area contributed by atoms with Gasteiger partial charge in [0.15, 0.2) is 0 Å². The van der Waals surface area contributed by atoms with Crippen molar-refractivity contribution in [3.8, 4) is 11.8 Å². The van der Waals surface area contributed by atoms with Crippen LogP contribution in [0.1, 0.15) is 43.8 Å². The Kier molecular flexibility index (Phi) is 7.75. The quantitative estimate of drug-likeness (QED) is 0.462. The summed E-state index contributed by atoms with van der Waals surface area (Å²) in [5.41, 5.74) is 6.35. The number of nitrogens with zero attached hydrogens (tertiary/aromatic N) is 4. The van der Waals surface area contributed by atoms with Crippen molar-refractivity contribution in [2.24, 2.45) is 5.10 Å². The highest BCUT2D eigenvalue weighted by atomic mass is 16.5. The number of hydrogen-bond acceptors (Lipinski definition) is 6. The number of hydrogen-bond donors (Lipinski definition) is 1. The highest BCUT2D eigenvalue weighted by Gasteiger charge is 2.21. The van der Waals surface area contributed by atoms with Crippen LogP contribution < -0.4 is 5.32 Å². The fraction of sp³-hybridized carbons (Fsp3) is 0.176. The Morgan fingerprint density at radius 3 is 2.57 bits per heavy atom. The zero-order chi connectivity index (χ0) is 28.9. The number of carbonyl (C=O) groups is 2. The van der Waals surface area contributed by atoms with Crippen molar-refractivity contribution < 1.29 is 14.3 Å². The molecule has 3 aliphatic heterocycles. The van der Waals surface area contributed by atoms with Crippen LogP contribution in [0.25, 0.3) is 0 Å². The lowest BCUT2D eigenvalue weighted by atomic mass is 10.0. The number of ether oxygens (including phenoxy) is 1. The maximum absolute atomic E-state index is 12.8. The number of fused-ring (bicyclic) bond motifs is 1. The van der Waals surface area contributed by atoms with Crippen LogP contribution in [0.4, 0.5) is 5.82 Å². The number of anilines is 1. The number of rotatable bonds is 4. The van der Waals surface area contributed by atoms with E-state index in [0.29, 0.717) is 43.2 Å². The summed E-state index contributed by atoms with van der Waals surface area (Å²) in [4.78, 5) is 31.6. The van der Waals surface area contributed by atoms with E-state index in [0.717, 1.165) is 40.2 Å². The van der Waals surface area contributed by atoms with Gasteiger partial charge in [0.1, 0.15) is 11.5 Å². The first-order valence-electron chi connectivity index (χ1n) is 13.8. The molecule has 0 bridgehead atoms. The summed E-state index contributed by atoms with van der Waals surface area (Å²) < 4.78 is 5.36. The molecule has 1 aromatic heterocycles. The lowest BCUT2D eigenvalue weighted by Crippen LogP contribution is -2.40. The third kappa shape index (κ3) is 6.07. The van der Waals surface area contributed by atoms with E-state index in [2.05, 4.69) is 28.2 Å². The van der Waals surface area contributed by atoms with Crippen LogP contribution in [0.15, 0.2) is 108 Å². The van der Waals surface area contributed by atoms with E-state index in [1.165, 1.54) is 0 Å². The van der Waals surface area contributed by atoms with Crippen molar-refractivity contribution in [1.82, 2.24) is 14.9 Å². The minimum Gasteiger partial charge on any atom is -0.378 e. The molecule has 8 nitrogen and oxygen atoms in total. The van der Waals surface area contributed by atoms with Crippen LogP contribution in [0.5, 0.6) is 0 Å². The first kappa shape index (κ1) is 26.9. The van der Waals surface area contributed by atoms with E-state index in [1.54, 1.807) is 24.4 Å². The minimum atomic E-state index is -0.221. The van der Waals surface area contributed by atoms with Crippen LogP contribution >= 0.6 is 0 Å². The summed E-state index contributed by atoms with van der Waals surface area (Å²) in [5, 5.41) is 9.56. The monoisotopic (exact) mass is 555 g/mol. The Balaban J connectivity index is 1.17. The lowest BCUT2D eigenvalue weighted by molar-refractivity contribution is 0.0303. The first-order chi connectivity index (χ1) is 20.5. The average Bonchev–Trinajstić information content (AvgIpc) is 3.04. The van der Waals surface area contributed by atoms with E-state index >= 15 is 0 Å². The van der Waals surface area contributed by atoms with Crippen molar-refractivity contribution in [1.29, 1.82) is 0 Å². The Hall–Kier alpha value is -5.26. The molecule has 0 radical (unpaired) electrons. The molecule has 4 heterocycles. The van der Waals surface area contributed by atoms with Crippen LogP contribution in [-0.2, 0) is 4.74 Å². The number of carbonyl (C=O) groups excluding carboxylic acids is 2.